The largest absolute Gasteiger partial charge is 0.438 e. The zero-order valence-electron chi connectivity index (χ0n) is 16.4. The Balaban J connectivity index is 1.90. The van der Waals surface area contributed by atoms with Gasteiger partial charge in [-0.3, -0.25) is 4.79 Å². The van der Waals surface area contributed by atoms with Crippen molar-refractivity contribution in [2.45, 2.75) is 31.7 Å². The predicted octanol–water partition coefficient (Wildman–Crippen LogP) is 3.45. The molecule has 1 aliphatic carbocycles. The molecule has 30 heavy (non-hydrogen) atoms. The average Bonchev–Trinajstić information content (AvgIpc) is 3.52. The van der Waals surface area contributed by atoms with Crippen LogP contribution in [-0.2, 0) is 15.8 Å². The summed E-state index contributed by atoms with van der Waals surface area (Å²) in [5.41, 5.74) is -0.145. The van der Waals surface area contributed by atoms with Crippen LogP contribution in [0.25, 0.3) is 0 Å². The minimum Gasteiger partial charge on any atom is -0.438 e. The van der Waals surface area contributed by atoms with E-state index in [9.17, 15) is 22.0 Å². The molecule has 2 aromatic rings. The first kappa shape index (κ1) is 21.8. The molecule has 0 radical (unpaired) electrons. The molecular formula is C20H21F2N3O4S. The van der Waals surface area contributed by atoms with Gasteiger partial charge >= 0.3 is 5.92 Å². The maximum absolute atomic E-state index is 14.5. The lowest BCUT2D eigenvalue weighted by molar-refractivity contribution is -0.0379. The van der Waals surface area contributed by atoms with E-state index < -0.39 is 39.5 Å². The molecule has 1 aromatic carbocycles. The molecule has 10 heteroatoms. The Bertz CT molecular complexity index is 1050. The Kier molecular flexibility index (Phi) is 6.16. The summed E-state index contributed by atoms with van der Waals surface area (Å²) in [5, 5.41) is 3.52. The quantitative estimate of drug-likeness (QED) is 0.679. The smallest absolute Gasteiger partial charge is 0.309 e. The fourth-order valence-electron chi connectivity index (χ4n) is 2.58. The van der Waals surface area contributed by atoms with Crippen molar-refractivity contribution in [3.05, 3.63) is 59.4 Å². The molecule has 1 saturated carbocycles. The highest BCUT2D eigenvalue weighted by Crippen LogP contribution is 2.48. The van der Waals surface area contributed by atoms with Gasteiger partial charge in [0.1, 0.15) is 11.3 Å². The molecule has 0 unspecified atom stereocenters. The van der Waals surface area contributed by atoms with Crippen LogP contribution >= 0.6 is 0 Å². The zero-order chi connectivity index (χ0) is 21.9. The number of alkyl halides is 2. The SMILES string of the molecule is C[C@@H](/C=C/S(C)(=O)=O)NC(=O)c1cnc(C(F)(F)C2CC2)nc1Oc1ccccc1. The minimum atomic E-state index is -3.36. The van der Waals surface area contributed by atoms with Gasteiger partial charge in [0.15, 0.2) is 9.84 Å². The van der Waals surface area contributed by atoms with Crippen molar-refractivity contribution in [3.8, 4) is 11.6 Å². The van der Waals surface area contributed by atoms with E-state index in [0.717, 1.165) is 17.9 Å². The molecule has 1 N–H and O–H groups in total. The van der Waals surface area contributed by atoms with Gasteiger partial charge in [0.05, 0.1) is 0 Å². The number of hydrogen-bond donors (Lipinski definition) is 1. The number of rotatable bonds is 8. The number of hydrogen-bond acceptors (Lipinski definition) is 6. The van der Waals surface area contributed by atoms with Gasteiger partial charge < -0.3 is 10.1 Å². The fourth-order valence-corrected chi connectivity index (χ4v) is 3.10. The summed E-state index contributed by atoms with van der Waals surface area (Å²) in [6, 6.07) is 7.68. The summed E-state index contributed by atoms with van der Waals surface area (Å²) in [5.74, 6) is -5.40. The van der Waals surface area contributed by atoms with Crippen molar-refractivity contribution in [1.29, 1.82) is 0 Å². The highest BCUT2D eigenvalue weighted by molar-refractivity contribution is 7.93. The Morgan fingerprint density at radius 3 is 2.57 bits per heavy atom. The second-order valence-electron chi connectivity index (χ2n) is 7.14. The van der Waals surface area contributed by atoms with Crippen LogP contribution in [0.3, 0.4) is 0 Å². The molecule has 160 valence electrons. The van der Waals surface area contributed by atoms with Crippen LogP contribution in [0.4, 0.5) is 8.78 Å². The van der Waals surface area contributed by atoms with Crippen molar-refractivity contribution >= 4 is 15.7 Å². The van der Waals surface area contributed by atoms with Gasteiger partial charge in [-0.2, -0.15) is 13.8 Å². The fraction of sp³-hybridized carbons (Fsp3) is 0.350. The number of benzene rings is 1. The van der Waals surface area contributed by atoms with E-state index in [1.807, 2.05) is 0 Å². The third-order valence-corrected chi connectivity index (χ3v) is 4.97. The molecule has 1 aliphatic rings. The third-order valence-electron chi connectivity index (χ3n) is 4.32. The minimum absolute atomic E-state index is 0.145. The van der Waals surface area contributed by atoms with E-state index in [-0.39, 0.29) is 11.4 Å². The lowest BCUT2D eigenvalue weighted by Crippen LogP contribution is -2.32. The molecule has 0 aliphatic heterocycles. The van der Waals surface area contributed by atoms with Crippen LogP contribution in [0, 0.1) is 5.92 Å². The summed E-state index contributed by atoms with van der Waals surface area (Å²) < 4.78 is 57.0. The Morgan fingerprint density at radius 1 is 1.30 bits per heavy atom. The molecule has 3 rings (SSSR count). The number of aromatic nitrogens is 2. The maximum atomic E-state index is 14.5. The number of sulfone groups is 1. The van der Waals surface area contributed by atoms with Gasteiger partial charge in [-0.25, -0.2) is 13.4 Å². The molecule has 1 aromatic heterocycles. The number of nitrogens with one attached hydrogen (secondary N) is 1. The van der Waals surface area contributed by atoms with E-state index in [0.29, 0.717) is 18.6 Å². The van der Waals surface area contributed by atoms with E-state index in [2.05, 4.69) is 15.3 Å². The zero-order valence-corrected chi connectivity index (χ0v) is 17.2. The summed E-state index contributed by atoms with van der Waals surface area (Å²) in [6.45, 7) is 1.56. The van der Waals surface area contributed by atoms with E-state index in [4.69, 9.17) is 4.74 Å². The van der Waals surface area contributed by atoms with Crippen LogP contribution in [0.5, 0.6) is 11.6 Å². The van der Waals surface area contributed by atoms with Crippen LogP contribution < -0.4 is 10.1 Å². The van der Waals surface area contributed by atoms with Crippen molar-refractivity contribution < 1.29 is 26.7 Å². The Labute approximate surface area is 173 Å². The topological polar surface area (TPSA) is 98.2 Å². The molecule has 1 heterocycles. The number of carbonyl (C=O) groups is 1. The number of carbonyl (C=O) groups excluding carboxylic acids is 1. The second kappa shape index (κ2) is 8.47. The van der Waals surface area contributed by atoms with Gasteiger partial charge in [0, 0.05) is 29.8 Å². The predicted molar refractivity (Wildman–Crippen MR) is 106 cm³/mol. The molecular weight excluding hydrogens is 416 g/mol. The average molecular weight is 437 g/mol. The van der Waals surface area contributed by atoms with Crippen molar-refractivity contribution in [1.82, 2.24) is 15.3 Å². The van der Waals surface area contributed by atoms with Gasteiger partial charge in [-0.15, -0.1) is 0 Å². The molecule has 1 amide bonds. The normalized spacial score (nSPS) is 15.7. The van der Waals surface area contributed by atoms with Gasteiger partial charge in [0.25, 0.3) is 5.91 Å². The van der Waals surface area contributed by atoms with Crippen molar-refractivity contribution in [3.63, 3.8) is 0 Å². The van der Waals surface area contributed by atoms with Gasteiger partial charge in [-0.05, 0) is 31.9 Å². The Morgan fingerprint density at radius 2 is 1.97 bits per heavy atom. The van der Waals surface area contributed by atoms with Crippen LogP contribution in [0.2, 0.25) is 0 Å². The summed E-state index contributed by atoms with van der Waals surface area (Å²) >= 11 is 0. The van der Waals surface area contributed by atoms with E-state index in [1.165, 1.54) is 6.08 Å². The standard InChI is InChI=1S/C20H21F2N3O4S/c1-13(10-11-30(2,27)28)24-17(26)16-12-23-19(20(21,22)14-8-9-14)25-18(16)29-15-6-4-3-5-7-15/h3-7,10-14H,8-9H2,1-2H3,(H,24,26)/b11-10+/t13-/m0/s1. The molecule has 0 spiro atoms. The number of para-hydroxylation sites is 1. The van der Waals surface area contributed by atoms with E-state index in [1.54, 1.807) is 37.3 Å². The molecule has 0 saturated heterocycles. The van der Waals surface area contributed by atoms with Crippen LogP contribution in [-0.4, -0.2) is 36.6 Å². The van der Waals surface area contributed by atoms with Crippen molar-refractivity contribution in [2.75, 3.05) is 6.26 Å². The third kappa shape index (κ3) is 5.59. The molecule has 1 atom stereocenters. The maximum Gasteiger partial charge on any atom is 0.309 e. The number of amides is 1. The highest BCUT2D eigenvalue weighted by atomic mass is 32.2. The second-order valence-corrected chi connectivity index (χ2v) is 9.08. The monoisotopic (exact) mass is 437 g/mol. The van der Waals surface area contributed by atoms with Gasteiger partial charge in [-0.1, -0.05) is 24.3 Å². The lowest BCUT2D eigenvalue weighted by Gasteiger charge is -2.17. The van der Waals surface area contributed by atoms with Crippen LogP contribution in [0.1, 0.15) is 35.9 Å². The first-order valence-corrected chi connectivity index (χ1v) is 11.2. The summed E-state index contributed by atoms with van der Waals surface area (Å²) in [7, 11) is -3.36. The summed E-state index contributed by atoms with van der Waals surface area (Å²) in [6.07, 6.45) is 4.09. The lowest BCUT2D eigenvalue weighted by atomic mass is 10.2. The van der Waals surface area contributed by atoms with E-state index >= 15 is 0 Å². The molecule has 7 nitrogen and oxygen atoms in total. The highest BCUT2D eigenvalue weighted by Gasteiger charge is 2.50. The molecule has 1 fully saturated rings. The first-order valence-electron chi connectivity index (χ1n) is 9.23. The molecule has 0 bridgehead atoms. The number of halogens is 2. The number of nitrogens with zero attached hydrogens (tertiary/aromatic N) is 2. The van der Waals surface area contributed by atoms with Gasteiger partial charge in [0.2, 0.25) is 11.7 Å². The Hall–Kier alpha value is -2.88. The summed E-state index contributed by atoms with van der Waals surface area (Å²) in [4.78, 5) is 20.2. The number of ether oxygens (including phenoxy) is 1. The first-order chi connectivity index (χ1) is 14.1. The van der Waals surface area contributed by atoms with Crippen molar-refractivity contribution in [2.24, 2.45) is 5.92 Å². The van der Waals surface area contributed by atoms with Crippen LogP contribution in [0.15, 0.2) is 48.0 Å².